The molecule has 1 saturated carbocycles. The van der Waals surface area contributed by atoms with E-state index in [2.05, 4.69) is 18.9 Å². The van der Waals surface area contributed by atoms with Crippen molar-refractivity contribution in [3.63, 3.8) is 0 Å². The average Bonchev–Trinajstić information content (AvgIpc) is 2.06. The van der Waals surface area contributed by atoms with Crippen molar-refractivity contribution in [1.82, 2.24) is 4.90 Å². The highest BCUT2D eigenvalue weighted by atomic mass is 15.1. The summed E-state index contributed by atoms with van der Waals surface area (Å²) in [6, 6.07) is 1.29. The molecule has 0 spiro atoms. The van der Waals surface area contributed by atoms with Gasteiger partial charge < -0.3 is 10.6 Å². The Kier molecular flexibility index (Phi) is 4.02. The van der Waals surface area contributed by atoms with Crippen molar-refractivity contribution in [2.75, 3.05) is 13.6 Å². The highest BCUT2D eigenvalue weighted by Crippen LogP contribution is 2.20. The zero-order chi connectivity index (χ0) is 8.97. The molecule has 0 aliphatic heterocycles. The van der Waals surface area contributed by atoms with Crippen LogP contribution in [0.25, 0.3) is 0 Å². The molecule has 1 aliphatic rings. The first kappa shape index (κ1) is 10.0. The third-order valence-electron chi connectivity index (χ3n) is 2.94. The molecule has 0 heterocycles. The Bertz CT molecular complexity index is 117. The van der Waals surface area contributed by atoms with Crippen molar-refractivity contribution in [1.29, 1.82) is 0 Å². The summed E-state index contributed by atoms with van der Waals surface area (Å²) in [4.78, 5) is 2.49. The van der Waals surface area contributed by atoms with Gasteiger partial charge in [-0.15, -0.1) is 0 Å². The van der Waals surface area contributed by atoms with Crippen molar-refractivity contribution in [3.8, 4) is 0 Å². The van der Waals surface area contributed by atoms with Crippen LogP contribution in [0.5, 0.6) is 0 Å². The molecule has 12 heavy (non-hydrogen) atoms. The van der Waals surface area contributed by atoms with E-state index in [4.69, 9.17) is 5.73 Å². The largest absolute Gasteiger partial charge is 0.328 e. The van der Waals surface area contributed by atoms with Gasteiger partial charge in [-0.3, -0.25) is 0 Å². The van der Waals surface area contributed by atoms with Gasteiger partial charge in [0.25, 0.3) is 0 Å². The first-order chi connectivity index (χ1) is 5.74. The molecule has 0 radical (unpaired) electrons. The Morgan fingerprint density at radius 1 is 1.25 bits per heavy atom. The van der Waals surface area contributed by atoms with Crippen LogP contribution in [0, 0.1) is 0 Å². The minimum absolute atomic E-state index is 0.483. The molecule has 2 nitrogen and oxygen atoms in total. The molecular formula is C10H22N2. The molecule has 0 saturated heterocycles. The fourth-order valence-electron chi connectivity index (χ4n) is 2.08. The molecule has 1 aliphatic carbocycles. The smallest absolute Gasteiger partial charge is 0.00933 e. The summed E-state index contributed by atoms with van der Waals surface area (Å²) in [5, 5.41) is 0. The summed E-state index contributed by atoms with van der Waals surface area (Å²) in [6.07, 6.45) is 6.31. The summed E-state index contributed by atoms with van der Waals surface area (Å²) in [7, 11) is 2.24. The Balaban J connectivity index is 2.24. The molecule has 1 rings (SSSR count). The van der Waals surface area contributed by atoms with E-state index in [0.717, 1.165) is 6.04 Å². The molecule has 0 amide bonds. The molecule has 0 aromatic heterocycles. The van der Waals surface area contributed by atoms with Gasteiger partial charge in [0, 0.05) is 12.1 Å². The van der Waals surface area contributed by atoms with Gasteiger partial charge in [-0.25, -0.2) is 0 Å². The van der Waals surface area contributed by atoms with E-state index < -0.39 is 0 Å². The molecule has 2 N–H and O–H groups in total. The molecular weight excluding hydrogens is 148 g/mol. The van der Waals surface area contributed by atoms with E-state index >= 15 is 0 Å². The molecule has 0 bridgehead atoms. The van der Waals surface area contributed by atoms with Crippen LogP contribution in [-0.2, 0) is 0 Å². The molecule has 2 heteroatoms. The average molecular weight is 170 g/mol. The summed E-state index contributed by atoms with van der Waals surface area (Å²) < 4.78 is 0. The van der Waals surface area contributed by atoms with E-state index in [1.165, 1.54) is 38.6 Å². The SMILES string of the molecule is CCCN(C)C1CCC(N)CC1. The Morgan fingerprint density at radius 2 is 1.83 bits per heavy atom. The molecule has 1 fully saturated rings. The summed E-state index contributed by atoms with van der Waals surface area (Å²) in [5.41, 5.74) is 5.85. The van der Waals surface area contributed by atoms with Crippen molar-refractivity contribution >= 4 is 0 Å². The summed E-state index contributed by atoms with van der Waals surface area (Å²) in [5.74, 6) is 0. The quantitative estimate of drug-likeness (QED) is 0.697. The summed E-state index contributed by atoms with van der Waals surface area (Å²) in [6.45, 7) is 3.48. The number of nitrogens with two attached hydrogens (primary N) is 1. The van der Waals surface area contributed by atoms with Crippen LogP contribution in [0.4, 0.5) is 0 Å². The third kappa shape index (κ3) is 2.76. The second kappa shape index (κ2) is 4.83. The first-order valence-electron chi connectivity index (χ1n) is 5.20. The standard InChI is InChI=1S/C10H22N2/c1-3-8-12(2)10-6-4-9(11)5-7-10/h9-10H,3-8,11H2,1-2H3. The van der Waals surface area contributed by atoms with E-state index in [9.17, 15) is 0 Å². The minimum atomic E-state index is 0.483. The lowest BCUT2D eigenvalue weighted by Crippen LogP contribution is -2.38. The lowest BCUT2D eigenvalue weighted by molar-refractivity contribution is 0.183. The second-order valence-corrected chi connectivity index (χ2v) is 4.05. The first-order valence-corrected chi connectivity index (χ1v) is 5.20. The van der Waals surface area contributed by atoms with E-state index in [0.29, 0.717) is 6.04 Å². The van der Waals surface area contributed by atoms with Crippen LogP contribution in [-0.4, -0.2) is 30.6 Å². The topological polar surface area (TPSA) is 29.3 Å². The number of hydrogen-bond acceptors (Lipinski definition) is 2. The number of hydrogen-bond donors (Lipinski definition) is 1. The lowest BCUT2D eigenvalue weighted by atomic mass is 9.91. The van der Waals surface area contributed by atoms with E-state index in [1.807, 2.05) is 0 Å². The van der Waals surface area contributed by atoms with Gasteiger partial charge in [-0.1, -0.05) is 6.92 Å². The number of rotatable bonds is 3. The monoisotopic (exact) mass is 170 g/mol. The highest BCUT2D eigenvalue weighted by molar-refractivity contribution is 4.79. The lowest BCUT2D eigenvalue weighted by Gasteiger charge is -2.33. The van der Waals surface area contributed by atoms with Crippen LogP contribution >= 0.6 is 0 Å². The fourth-order valence-corrected chi connectivity index (χ4v) is 2.08. The normalized spacial score (nSPS) is 31.0. The maximum Gasteiger partial charge on any atom is 0.00933 e. The number of nitrogens with zero attached hydrogens (tertiary/aromatic N) is 1. The predicted octanol–water partition coefficient (Wildman–Crippen LogP) is 1.60. The molecule has 0 aromatic carbocycles. The van der Waals surface area contributed by atoms with Crippen LogP contribution in [0.15, 0.2) is 0 Å². The molecule has 0 aromatic rings. The Morgan fingerprint density at radius 3 is 2.33 bits per heavy atom. The van der Waals surface area contributed by atoms with E-state index in [-0.39, 0.29) is 0 Å². The van der Waals surface area contributed by atoms with Crippen LogP contribution in [0.3, 0.4) is 0 Å². The van der Waals surface area contributed by atoms with Crippen LogP contribution < -0.4 is 5.73 Å². The van der Waals surface area contributed by atoms with Gasteiger partial charge in [0.15, 0.2) is 0 Å². The van der Waals surface area contributed by atoms with Crippen molar-refractivity contribution in [2.24, 2.45) is 5.73 Å². The molecule has 0 atom stereocenters. The Hall–Kier alpha value is -0.0800. The Labute approximate surface area is 76.1 Å². The summed E-state index contributed by atoms with van der Waals surface area (Å²) >= 11 is 0. The fraction of sp³-hybridized carbons (Fsp3) is 1.00. The van der Waals surface area contributed by atoms with Crippen molar-refractivity contribution in [2.45, 2.75) is 51.1 Å². The van der Waals surface area contributed by atoms with Crippen molar-refractivity contribution < 1.29 is 0 Å². The van der Waals surface area contributed by atoms with E-state index in [1.54, 1.807) is 0 Å². The minimum Gasteiger partial charge on any atom is -0.328 e. The van der Waals surface area contributed by atoms with Gasteiger partial charge in [0.2, 0.25) is 0 Å². The third-order valence-corrected chi connectivity index (χ3v) is 2.94. The molecule has 72 valence electrons. The second-order valence-electron chi connectivity index (χ2n) is 4.05. The van der Waals surface area contributed by atoms with Crippen molar-refractivity contribution in [3.05, 3.63) is 0 Å². The zero-order valence-electron chi connectivity index (χ0n) is 8.42. The highest BCUT2D eigenvalue weighted by Gasteiger charge is 2.20. The maximum atomic E-state index is 5.85. The maximum absolute atomic E-state index is 5.85. The van der Waals surface area contributed by atoms with Gasteiger partial charge in [0.1, 0.15) is 0 Å². The van der Waals surface area contributed by atoms with Gasteiger partial charge in [-0.05, 0) is 45.7 Å². The van der Waals surface area contributed by atoms with Gasteiger partial charge in [-0.2, -0.15) is 0 Å². The zero-order valence-corrected chi connectivity index (χ0v) is 8.42. The van der Waals surface area contributed by atoms with Gasteiger partial charge >= 0.3 is 0 Å². The van der Waals surface area contributed by atoms with Crippen LogP contribution in [0.2, 0.25) is 0 Å². The predicted molar refractivity (Wildman–Crippen MR) is 53.2 cm³/mol. The van der Waals surface area contributed by atoms with Crippen LogP contribution in [0.1, 0.15) is 39.0 Å². The van der Waals surface area contributed by atoms with Gasteiger partial charge in [0.05, 0.1) is 0 Å². The molecule has 0 unspecified atom stereocenters.